The second kappa shape index (κ2) is 3.87. The van der Waals surface area contributed by atoms with E-state index < -0.39 is 22.9 Å². The van der Waals surface area contributed by atoms with E-state index in [4.69, 9.17) is 0 Å². The van der Waals surface area contributed by atoms with Gasteiger partial charge in [-0.2, -0.15) is 26.3 Å². The minimum Gasteiger partial charge on any atom is -0.224 e. The third-order valence-electron chi connectivity index (χ3n) is 0.981. The SMILES string of the molecule is CN(C)N(N(F)C(F)(F)F)C(F)(F)F. The van der Waals surface area contributed by atoms with Crippen LogP contribution >= 0.6 is 0 Å². The molecule has 0 aliphatic rings. The van der Waals surface area contributed by atoms with E-state index in [0.29, 0.717) is 14.1 Å². The Hall–Kier alpha value is -0.610. The van der Waals surface area contributed by atoms with Crippen molar-refractivity contribution in [2.24, 2.45) is 0 Å². The second-order valence-corrected chi connectivity index (χ2v) is 2.33. The lowest BCUT2D eigenvalue weighted by Gasteiger charge is -2.33. The first kappa shape index (κ1) is 13.4. The molecule has 0 fully saturated rings. The second-order valence-electron chi connectivity index (χ2n) is 2.33. The molecule has 0 saturated heterocycles. The Morgan fingerprint density at radius 1 is 0.786 bits per heavy atom. The summed E-state index contributed by atoms with van der Waals surface area (Å²) in [6, 6.07) is 0. The number of hydrazine groups is 2. The summed E-state index contributed by atoms with van der Waals surface area (Å²) < 4.78 is 82.5. The van der Waals surface area contributed by atoms with Gasteiger partial charge < -0.3 is 0 Å². The summed E-state index contributed by atoms with van der Waals surface area (Å²) in [5.41, 5.74) is 0. The van der Waals surface area contributed by atoms with Gasteiger partial charge >= 0.3 is 12.6 Å². The lowest BCUT2D eigenvalue weighted by molar-refractivity contribution is -0.497. The van der Waals surface area contributed by atoms with Crippen LogP contribution in [0.4, 0.5) is 30.8 Å². The van der Waals surface area contributed by atoms with Crippen molar-refractivity contribution in [1.82, 2.24) is 15.4 Å². The largest absolute Gasteiger partial charge is 0.503 e. The van der Waals surface area contributed by atoms with Gasteiger partial charge in [0.15, 0.2) is 0 Å². The van der Waals surface area contributed by atoms with Crippen molar-refractivity contribution in [3.63, 3.8) is 0 Å². The monoisotopic (exact) mass is 229 g/mol. The number of hydrogen-bond donors (Lipinski definition) is 0. The third kappa shape index (κ3) is 3.27. The molecule has 0 unspecified atom stereocenters. The minimum absolute atomic E-state index is 0.0898. The maximum absolute atomic E-state index is 12.2. The fourth-order valence-electron chi connectivity index (χ4n) is 0.591. The molecule has 86 valence electrons. The summed E-state index contributed by atoms with van der Waals surface area (Å²) in [6.45, 7) is 0. The van der Waals surface area contributed by atoms with Crippen molar-refractivity contribution in [2.75, 3.05) is 14.1 Å². The maximum atomic E-state index is 12.2. The molecular weight excluding hydrogens is 223 g/mol. The molecule has 14 heavy (non-hydrogen) atoms. The predicted octanol–water partition coefficient (Wildman–Crippen LogP) is 1.91. The van der Waals surface area contributed by atoms with E-state index in [1.54, 1.807) is 0 Å². The van der Waals surface area contributed by atoms with Crippen LogP contribution in [-0.4, -0.2) is 42.1 Å². The molecule has 0 saturated carbocycles. The van der Waals surface area contributed by atoms with Gasteiger partial charge in [0.25, 0.3) is 0 Å². The molecule has 0 aliphatic heterocycles. The zero-order valence-electron chi connectivity index (χ0n) is 6.99. The molecule has 0 radical (unpaired) electrons. The van der Waals surface area contributed by atoms with Crippen LogP contribution in [0.2, 0.25) is 0 Å². The molecule has 0 atom stereocenters. The Bertz CT molecular complexity index is 184. The third-order valence-corrected chi connectivity index (χ3v) is 0.981. The van der Waals surface area contributed by atoms with Crippen LogP contribution in [-0.2, 0) is 0 Å². The maximum Gasteiger partial charge on any atom is 0.503 e. The zero-order valence-corrected chi connectivity index (χ0v) is 6.99. The molecular formula is C4H6F7N3. The molecule has 0 rings (SSSR count). The molecule has 0 spiro atoms. The Labute approximate surface area is 74.1 Å². The fourth-order valence-corrected chi connectivity index (χ4v) is 0.591. The molecule has 0 aliphatic carbocycles. The molecule has 10 heteroatoms. The van der Waals surface area contributed by atoms with Crippen LogP contribution in [0.1, 0.15) is 0 Å². The predicted molar refractivity (Wildman–Crippen MR) is 30.6 cm³/mol. The lowest BCUT2D eigenvalue weighted by Crippen LogP contribution is -2.58. The van der Waals surface area contributed by atoms with Crippen LogP contribution in [0.25, 0.3) is 0 Å². The van der Waals surface area contributed by atoms with E-state index in [0.717, 1.165) is 0 Å². The van der Waals surface area contributed by atoms with Gasteiger partial charge in [0, 0.05) is 19.3 Å². The lowest BCUT2D eigenvalue weighted by atomic mass is 11.0. The van der Waals surface area contributed by atoms with Gasteiger partial charge in [-0.3, -0.25) is 0 Å². The van der Waals surface area contributed by atoms with Crippen LogP contribution < -0.4 is 0 Å². The standard InChI is InChI=1S/C4H6F7N3/c1-12(2)14(4(8,9)10)13(11)3(5,6)7/h1-2H3. The highest BCUT2D eigenvalue weighted by molar-refractivity contribution is 4.50. The van der Waals surface area contributed by atoms with Gasteiger partial charge in [-0.05, 0) is 5.12 Å². The Balaban J connectivity index is 4.86. The number of halogens is 7. The molecule has 0 aromatic rings. The average molecular weight is 229 g/mol. The summed E-state index contributed by atoms with van der Waals surface area (Å²) in [7, 11) is 1.23. The Kier molecular flexibility index (Phi) is 3.70. The normalized spacial score (nSPS) is 14.6. The number of hydrogen-bond acceptors (Lipinski definition) is 3. The smallest absolute Gasteiger partial charge is 0.224 e. The summed E-state index contributed by atoms with van der Waals surface area (Å²) in [5.74, 6) is 0. The zero-order chi connectivity index (χ0) is 11.7. The summed E-state index contributed by atoms with van der Waals surface area (Å²) >= 11 is 0. The fraction of sp³-hybridized carbons (Fsp3) is 1.00. The first-order valence-electron chi connectivity index (χ1n) is 3.04. The summed E-state index contributed by atoms with van der Waals surface area (Å²) in [4.78, 5) is 0. The van der Waals surface area contributed by atoms with Crippen molar-refractivity contribution in [3.8, 4) is 0 Å². The van der Waals surface area contributed by atoms with E-state index >= 15 is 0 Å². The Morgan fingerprint density at radius 2 is 1.14 bits per heavy atom. The minimum atomic E-state index is -5.75. The van der Waals surface area contributed by atoms with Gasteiger partial charge in [-0.15, -0.1) is 4.48 Å². The van der Waals surface area contributed by atoms with Crippen LogP contribution in [0.3, 0.4) is 0 Å². The van der Waals surface area contributed by atoms with Crippen LogP contribution in [0.15, 0.2) is 0 Å². The van der Waals surface area contributed by atoms with E-state index in [2.05, 4.69) is 0 Å². The van der Waals surface area contributed by atoms with Crippen LogP contribution in [0.5, 0.6) is 0 Å². The highest BCUT2D eigenvalue weighted by Gasteiger charge is 2.54. The molecule has 0 N–H and O–H groups in total. The number of rotatable bonds is 2. The number of alkyl halides is 6. The summed E-state index contributed by atoms with van der Waals surface area (Å²) in [6.07, 6.45) is -11.2. The van der Waals surface area contributed by atoms with Gasteiger partial charge in [-0.1, -0.05) is 0 Å². The van der Waals surface area contributed by atoms with Gasteiger partial charge in [0.2, 0.25) is 0 Å². The molecule has 3 nitrogen and oxygen atoms in total. The van der Waals surface area contributed by atoms with Gasteiger partial charge in [0.1, 0.15) is 0 Å². The van der Waals surface area contributed by atoms with Gasteiger partial charge in [-0.25, -0.2) is 5.01 Å². The highest BCUT2D eigenvalue weighted by Crippen LogP contribution is 2.31. The van der Waals surface area contributed by atoms with Crippen molar-refractivity contribution in [3.05, 3.63) is 0 Å². The number of nitrogens with zero attached hydrogens (tertiary/aromatic N) is 3. The molecule has 0 heterocycles. The van der Waals surface area contributed by atoms with E-state index in [1.165, 1.54) is 0 Å². The average Bonchev–Trinajstić information content (AvgIpc) is 1.79. The first-order chi connectivity index (χ1) is 5.98. The van der Waals surface area contributed by atoms with Crippen molar-refractivity contribution in [1.29, 1.82) is 0 Å². The topological polar surface area (TPSA) is 9.72 Å². The van der Waals surface area contributed by atoms with E-state index in [9.17, 15) is 30.8 Å². The highest BCUT2D eigenvalue weighted by atomic mass is 19.4. The molecule has 0 bridgehead atoms. The molecule has 0 aromatic carbocycles. The van der Waals surface area contributed by atoms with Crippen molar-refractivity contribution >= 4 is 0 Å². The summed E-state index contributed by atoms with van der Waals surface area (Å²) in [5, 5.41) is -3.96. The van der Waals surface area contributed by atoms with E-state index in [1.807, 2.05) is 0 Å². The van der Waals surface area contributed by atoms with Crippen molar-refractivity contribution in [2.45, 2.75) is 12.6 Å². The first-order valence-corrected chi connectivity index (χ1v) is 3.04. The van der Waals surface area contributed by atoms with E-state index in [-0.39, 0.29) is 5.01 Å². The Morgan fingerprint density at radius 3 is 1.21 bits per heavy atom. The van der Waals surface area contributed by atoms with Crippen molar-refractivity contribution < 1.29 is 30.8 Å². The molecule has 0 amide bonds. The molecule has 0 aromatic heterocycles. The van der Waals surface area contributed by atoms with Gasteiger partial charge in [0.05, 0.1) is 0 Å². The van der Waals surface area contributed by atoms with Crippen LogP contribution in [0, 0.1) is 0 Å². The quantitative estimate of drug-likeness (QED) is 0.310.